The first-order valence-corrected chi connectivity index (χ1v) is 10.4. The van der Waals surface area contributed by atoms with Crippen LogP contribution in [-0.2, 0) is 11.2 Å². The summed E-state index contributed by atoms with van der Waals surface area (Å²) in [6.45, 7) is 1.85. The predicted octanol–water partition coefficient (Wildman–Crippen LogP) is 5.31. The van der Waals surface area contributed by atoms with E-state index in [4.69, 9.17) is 9.47 Å². The molecule has 2 aromatic rings. The summed E-state index contributed by atoms with van der Waals surface area (Å²) in [6.07, 6.45) is -1.49. The van der Waals surface area contributed by atoms with Crippen molar-refractivity contribution in [3.8, 4) is 11.5 Å². The molecule has 0 bridgehead atoms. The minimum Gasteiger partial charge on any atom is -0.493 e. The highest BCUT2D eigenvalue weighted by Crippen LogP contribution is 2.51. The highest BCUT2D eigenvalue weighted by Gasteiger charge is 2.49. The van der Waals surface area contributed by atoms with Crippen molar-refractivity contribution >= 4 is 12.4 Å². The van der Waals surface area contributed by atoms with Gasteiger partial charge in [0.25, 0.3) is 0 Å². The number of halogens is 4. The third kappa shape index (κ3) is 4.36. The van der Waals surface area contributed by atoms with Gasteiger partial charge in [-0.25, -0.2) is 0 Å². The Bertz CT molecular complexity index is 924. The Balaban J connectivity index is 0.00000231. The number of rotatable bonds is 3. The van der Waals surface area contributed by atoms with Crippen molar-refractivity contribution < 1.29 is 27.4 Å². The molecule has 0 saturated carbocycles. The van der Waals surface area contributed by atoms with Crippen LogP contribution in [0.4, 0.5) is 13.2 Å². The van der Waals surface area contributed by atoms with Crippen molar-refractivity contribution in [3.05, 3.63) is 59.2 Å². The molecule has 0 radical (unpaired) electrons. The van der Waals surface area contributed by atoms with E-state index in [1.54, 1.807) is 0 Å². The lowest BCUT2D eigenvalue weighted by Gasteiger charge is -2.41. The Labute approximate surface area is 185 Å². The van der Waals surface area contributed by atoms with E-state index in [0.717, 1.165) is 36.9 Å². The second-order valence-electron chi connectivity index (χ2n) is 8.33. The molecule has 0 unspecified atom stereocenters. The molecule has 3 heterocycles. The van der Waals surface area contributed by atoms with E-state index in [1.807, 2.05) is 18.2 Å². The summed E-state index contributed by atoms with van der Waals surface area (Å²) in [5.74, 6) is 0.485. The first kappa shape index (κ1) is 22.2. The molecule has 8 heteroatoms. The molecule has 4 nitrogen and oxygen atoms in total. The fraction of sp³-hybridized carbons (Fsp3) is 0.478. The van der Waals surface area contributed by atoms with E-state index in [2.05, 4.69) is 22.2 Å². The van der Waals surface area contributed by atoms with E-state index in [0.29, 0.717) is 25.4 Å². The number of fused-ring (bicyclic) bond motifs is 1. The normalized spacial score (nSPS) is 27.5. The van der Waals surface area contributed by atoms with Crippen LogP contribution in [0.15, 0.2) is 42.5 Å². The van der Waals surface area contributed by atoms with Gasteiger partial charge in [-0.3, -0.25) is 0 Å². The number of piperidine rings is 1. The Morgan fingerprint density at radius 2 is 1.94 bits per heavy atom. The Morgan fingerprint density at radius 1 is 1.13 bits per heavy atom. The molecular weight excluding hydrogens is 431 g/mol. The molecule has 3 aliphatic rings. The fourth-order valence-corrected chi connectivity index (χ4v) is 5.21. The number of alkyl halides is 3. The Morgan fingerprint density at radius 3 is 2.71 bits per heavy atom. The van der Waals surface area contributed by atoms with Crippen molar-refractivity contribution in [2.24, 2.45) is 0 Å². The molecule has 3 aliphatic heterocycles. The van der Waals surface area contributed by atoms with Crippen LogP contribution in [0, 0.1) is 0 Å². The summed E-state index contributed by atoms with van der Waals surface area (Å²) in [4.78, 5) is 0. The maximum absolute atomic E-state index is 12.8. The minimum atomic E-state index is -4.72. The van der Waals surface area contributed by atoms with Crippen LogP contribution < -0.4 is 14.8 Å². The minimum absolute atomic E-state index is 0. The number of hydrogen-bond acceptors (Lipinski definition) is 4. The van der Waals surface area contributed by atoms with E-state index in [-0.39, 0.29) is 35.7 Å². The van der Waals surface area contributed by atoms with Gasteiger partial charge < -0.3 is 19.5 Å². The van der Waals surface area contributed by atoms with Crippen molar-refractivity contribution in [2.45, 2.75) is 49.6 Å². The van der Waals surface area contributed by atoms with Crippen LogP contribution in [0.1, 0.15) is 47.9 Å². The van der Waals surface area contributed by atoms with E-state index in [9.17, 15) is 13.2 Å². The van der Waals surface area contributed by atoms with Gasteiger partial charge in [0.2, 0.25) is 0 Å². The summed E-state index contributed by atoms with van der Waals surface area (Å²) in [7, 11) is 0. The zero-order valence-corrected chi connectivity index (χ0v) is 17.7. The first-order valence-electron chi connectivity index (χ1n) is 10.4. The van der Waals surface area contributed by atoms with Crippen LogP contribution in [0.3, 0.4) is 0 Å². The van der Waals surface area contributed by atoms with Gasteiger partial charge in [0, 0.05) is 23.5 Å². The lowest BCUT2D eigenvalue weighted by Crippen LogP contribution is -2.48. The third-order valence-corrected chi connectivity index (χ3v) is 6.41. The van der Waals surface area contributed by atoms with E-state index < -0.39 is 6.36 Å². The van der Waals surface area contributed by atoms with Crippen molar-refractivity contribution in [2.75, 3.05) is 19.8 Å². The van der Waals surface area contributed by atoms with Crippen molar-refractivity contribution in [3.63, 3.8) is 0 Å². The second-order valence-corrected chi connectivity index (χ2v) is 8.33. The summed E-state index contributed by atoms with van der Waals surface area (Å²) in [5, 5.41) is 3.61. The summed E-state index contributed by atoms with van der Waals surface area (Å²) >= 11 is 0. The standard InChI is InChI=1S/C23H24F3NO3.ClH/c24-23(25,26)30-18-11-16-7-10-28-20(16)19(12-18)17-13-22(29-14-17)8-4-9-27-21(22)15-5-2-1-3-6-15;/h1-3,5-6,11-12,17,21,27H,4,7-10,13-14H2;1H/t17-,21+,22-;/m1./s1. The maximum atomic E-state index is 12.8. The topological polar surface area (TPSA) is 39.7 Å². The molecule has 0 aromatic heterocycles. The fourth-order valence-electron chi connectivity index (χ4n) is 5.21. The van der Waals surface area contributed by atoms with Crippen LogP contribution in [0.5, 0.6) is 11.5 Å². The lowest BCUT2D eigenvalue weighted by molar-refractivity contribution is -0.274. The van der Waals surface area contributed by atoms with E-state index in [1.165, 1.54) is 17.7 Å². The molecule has 2 aromatic carbocycles. The maximum Gasteiger partial charge on any atom is 0.573 e. The van der Waals surface area contributed by atoms with Gasteiger partial charge in [0.05, 0.1) is 24.9 Å². The molecule has 1 N–H and O–H groups in total. The molecule has 1 spiro atoms. The number of benzene rings is 2. The quantitative estimate of drug-likeness (QED) is 0.681. The molecule has 5 rings (SSSR count). The summed E-state index contributed by atoms with van der Waals surface area (Å²) in [5.41, 5.74) is 2.33. The van der Waals surface area contributed by atoms with Crippen LogP contribution in [0.25, 0.3) is 0 Å². The molecule has 2 saturated heterocycles. The van der Waals surface area contributed by atoms with Crippen molar-refractivity contribution in [1.82, 2.24) is 5.32 Å². The van der Waals surface area contributed by atoms with Gasteiger partial charge in [0.1, 0.15) is 11.5 Å². The van der Waals surface area contributed by atoms with Gasteiger partial charge in [0.15, 0.2) is 0 Å². The monoisotopic (exact) mass is 455 g/mol. The smallest absolute Gasteiger partial charge is 0.493 e. The average Bonchev–Trinajstić information content (AvgIpc) is 3.35. The highest BCUT2D eigenvalue weighted by atomic mass is 35.5. The first-order chi connectivity index (χ1) is 14.4. The summed E-state index contributed by atoms with van der Waals surface area (Å²) in [6, 6.07) is 13.2. The average molecular weight is 456 g/mol. The molecule has 2 fully saturated rings. The molecular formula is C23H25ClF3NO3. The number of hydrogen-bond donors (Lipinski definition) is 1. The Hall–Kier alpha value is -1.96. The second kappa shape index (κ2) is 8.52. The SMILES string of the molecule is Cl.FC(F)(F)Oc1cc2c(c([C@H]3CO[C@]4(CCCN[C@H]4c4ccccc4)C3)c1)OCC2. The number of nitrogens with one attached hydrogen (secondary N) is 1. The lowest BCUT2D eigenvalue weighted by atomic mass is 9.76. The Kier molecular flexibility index (Phi) is 6.12. The van der Waals surface area contributed by atoms with Crippen molar-refractivity contribution in [1.29, 1.82) is 0 Å². The van der Waals surface area contributed by atoms with Gasteiger partial charge >= 0.3 is 6.36 Å². The molecule has 0 amide bonds. The highest BCUT2D eigenvalue weighted by molar-refractivity contribution is 5.85. The van der Waals surface area contributed by atoms with Gasteiger partial charge in [-0.15, -0.1) is 25.6 Å². The zero-order valence-electron chi connectivity index (χ0n) is 16.9. The van der Waals surface area contributed by atoms with E-state index >= 15 is 0 Å². The molecule has 31 heavy (non-hydrogen) atoms. The molecule has 168 valence electrons. The van der Waals surface area contributed by atoms with Crippen LogP contribution >= 0.6 is 12.4 Å². The van der Waals surface area contributed by atoms with Gasteiger partial charge in [-0.2, -0.15) is 0 Å². The number of ether oxygens (including phenoxy) is 3. The van der Waals surface area contributed by atoms with Crippen LogP contribution in [-0.4, -0.2) is 31.7 Å². The third-order valence-electron chi connectivity index (χ3n) is 6.41. The predicted molar refractivity (Wildman–Crippen MR) is 112 cm³/mol. The zero-order chi connectivity index (χ0) is 20.8. The van der Waals surface area contributed by atoms with Crippen LogP contribution in [0.2, 0.25) is 0 Å². The molecule has 0 aliphatic carbocycles. The largest absolute Gasteiger partial charge is 0.573 e. The van der Waals surface area contributed by atoms with Gasteiger partial charge in [-0.1, -0.05) is 30.3 Å². The van der Waals surface area contributed by atoms with Gasteiger partial charge in [-0.05, 0) is 43.5 Å². The summed E-state index contributed by atoms with van der Waals surface area (Å²) < 4.78 is 55.0. The molecule has 3 atom stereocenters.